The molecular formula is C14H12FIO. The van der Waals surface area contributed by atoms with E-state index in [1.165, 1.54) is 3.57 Å². The lowest BCUT2D eigenvalue weighted by Gasteiger charge is -2.08. The highest BCUT2D eigenvalue weighted by molar-refractivity contribution is 14.1. The minimum absolute atomic E-state index is 0.280. The van der Waals surface area contributed by atoms with Crippen molar-refractivity contribution in [3.63, 3.8) is 0 Å². The van der Waals surface area contributed by atoms with Gasteiger partial charge in [0.1, 0.15) is 6.61 Å². The predicted molar refractivity (Wildman–Crippen MR) is 74.6 cm³/mol. The summed E-state index contributed by atoms with van der Waals surface area (Å²) in [4.78, 5) is 0. The molecule has 2 aromatic carbocycles. The van der Waals surface area contributed by atoms with Gasteiger partial charge in [0.15, 0.2) is 11.6 Å². The lowest BCUT2D eigenvalue weighted by Crippen LogP contribution is -1.98. The normalized spacial score (nSPS) is 10.3. The van der Waals surface area contributed by atoms with Crippen molar-refractivity contribution in [3.8, 4) is 5.75 Å². The molecule has 1 nitrogen and oxygen atoms in total. The van der Waals surface area contributed by atoms with Crippen molar-refractivity contribution >= 4 is 22.6 Å². The molecule has 3 heteroatoms. The molecule has 0 saturated heterocycles. The van der Waals surface area contributed by atoms with Crippen molar-refractivity contribution in [2.45, 2.75) is 13.5 Å². The summed E-state index contributed by atoms with van der Waals surface area (Å²) in [6.45, 7) is 2.12. The van der Waals surface area contributed by atoms with E-state index in [-0.39, 0.29) is 5.82 Å². The fraction of sp³-hybridized carbons (Fsp3) is 0.143. The Bertz CT molecular complexity index is 508. The SMILES string of the molecule is Cc1cccc(OCc2ccc(I)cc2)c1F. The molecule has 0 aliphatic heterocycles. The molecule has 0 aromatic heterocycles. The average Bonchev–Trinajstić information content (AvgIpc) is 2.33. The molecular weight excluding hydrogens is 330 g/mol. The Morgan fingerprint density at radius 2 is 1.82 bits per heavy atom. The Balaban J connectivity index is 2.07. The van der Waals surface area contributed by atoms with Crippen LogP contribution in [-0.4, -0.2) is 0 Å². The minimum Gasteiger partial charge on any atom is -0.486 e. The van der Waals surface area contributed by atoms with E-state index >= 15 is 0 Å². The van der Waals surface area contributed by atoms with E-state index in [1.54, 1.807) is 25.1 Å². The number of rotatable bonds is 3. The summed E-state index contributed by atoms with van der Waals surface area (Å²) in [6.07, 6.45) is 0. The third kappa shape index (κ3) is 3.19. The highest BCUT2D eigenvalue weighted by Gasteiger charge is 2.05. The van der Waals surface area contributed by atoms with Gasteiger partial charge < -0.3 is 4.74 Å². The van der Waals surface area contributed by atoms with Crippen LogP contribution in [0.1, 0.15) is 11.1 Å². The molecule has 0 aliphatic carbocycles. The second-order valence-electron chi connectivity index (χ2n) is 3.80. The molecule has 0 N–H and O–H groups in total. The van der Waals surface area contributed by atoms with Gasteiger partial charge in [0, 0.05) is 3.57 Å². The quantitative estimate of drug-likeness (QED) is 0.755. The summed E-state index contributed by atoms with van der Waals surface area (Å²) in [6, 6.07) is 13.1. The first-order valence-corrected chi connectivity index (χ1v) is 6.37. The van der Waals surface area contributed by atoms with Crippen LogP contribution >= 0.6 is 22.6 Å². The Morgan fingerprint density at radius 3 is 2.53 bits per heavy atom. The van der Waals surface area contributed by atoms with Crippen molar-refractivity contribution in [2.75, 3.05) is 0 Å². The zero-order chi connectivity index (χ0) is 12.3. The first kappa shape index (κ1) is 12.4. The standard InChI is InChI=1S/C14H12FIO/c1-10-3-2-4-13(14(10)15)17-9-11-5-7-12(16)8-6-11/h2-8H,9H2,1H3. The van der Waals surface area contributed by atoms with Crippen molar-refractivity contribution < 1.29 is 9.13 Å². The number of halogens is 2. The van der Waals surface area contributed by atoms with Crippen LogP contribution in [0, 0.1) is 16.3 Å². The fourth-order valence-corrected chi connectivity index (χ4v) is 1.83. The Morgan fingerprint density at radius 1 is 1.12 bits per heavy atom. The third-order valence-electron chi connectivity index (χ3n) is 2.46. The summed E-state index contributed by atoms with van der Waals surface area (Å²) in [7, 11) is 0. The lowest BCUT2D eigenvalue weighted by atomic mass is 10.2. The average molecular weight is 342 g/mol. The number of hydrogen-bond donors (Lipinski definition) is 0. The number of aryl methyl sites for hydroxylation is 1. The number of hydrogen-bond acceptors (Lipinski definition) is 1. The zero-order valence-corrected chi connectivity index (χ0v) is 11.6. The van der Waals surface area contributed by atoms with Crippen LogP contribution in [-0.2, 0) is 6.61 Å². The van der Waals surface area contributed by atoms with E-state index in [1.807, 2.05) is 24.3 Å². The third-order valence-corrected chi connectivity index (χ3v) is 3.18. The largest absolute Gasteiger partial charge is 0.486 e. The van der Waals surface area contributed by atoms with Gasteiger partial charge in [0.2, 0.25) is 0 Å². The molecule has 0 fully saturated rings. The monoisotopic (exact) mass is 342 g/mol. The van der Waals surface area contributed by atoms with E-state index < -0.39 is 0 Å². The van der Waals surface area contributed by atoms with Gasteiger partial charge in [-0.3, -0.25) is 0 Å². The predicted octanol–water partition coefficient (Wildman–Crippen LogP) is 4.32. The maximum atomic E-state index is 13.6. The van der Waals surface area contributed by atoms with Gasteiger partial charge in [-0.15, -0.1) is 0 Å². The van der Waals surface area contributed by atoms with Gasteiger partial charge in [-0.2, -0.15) is 0 Å². The molecule has 0 aliphatic rings. The molecule has 2 rings (SSSR count). The van der Waals surface area contributed by atoms with Crippen molar-refractivity contribution in [1.29, 1.82) is 0 Å². The van der Waals surface area contributed by atoms with E-state index in [4.69, 9.17) is 4.74 Å². The van der Waals surface area contributed by atoms with Crippen LogP contribution in [0.3, 0.4) is 0 Å². The van der Waals surface area contributed by atoms with Gasteiger partial charge in [-0.1, -0.05) is 24.3 Å². The highest BCUT2D eigenvalue weighted by atomic mass is 127. The van der Waals surface area contributed by atoms with Gasteiger partial charge in [-0.05, 0) is 58.8 Å². The first-order valence-electron chi connectivity index (χ1n) is 5.29. The number of benzene rings is 2. The van der Waals surface area contributed by atoms with Crippen LogP contribution in [0.2, 0.25) is 0 Å². The summed E-state index contributed by atoms with van der Waals surface area (Å²) >= 11 is 2.25. The Kier molecular flexibility index (Phi) is 3.99. The topological polar surface area (TPSA) is 9.23 Å². The lowest BCUT2D eigenvalue weighted by molar-refractivity contribution is 0.289. The van der Waals surface area contributed by atoms with E-state index in [2.05, 4.69) is 22.6 Å². The summed E-state index contributed by atoms with van der Waals surface area (Å²) in [5, 5.41) is 0. The summed E-state index contributed by atoms with van der Waals surface area (Å²) < 4.78 is 20.3. The zero-order valence-electron chi connectivity index (χ0n) is 9.41. The minimum atomic E-state index is -0.280. The molecule has 0 unspecified atom stereocenters. The second kappa shape index (κ2) is 5.49. The summed E-state index contributed by atoms with van der Waals surface area (Å²) in [5.74, 6) is 0.0292. The van der Waals surface area contributed by atoms with Crippen LogP contribution < -0.4 is 4.74 Å². The van der Waals surface area contributed by atoms with Gasteiger partial charge in [0.05, 0.1) is 0 Å². The van der Waals surface area contributed by atoms with Gasteiger partial charge >= 0.3 is 0 Å². The highest BCUT2D eigenvalue weighted by Crippen LogP contribution is 2.20. The van der Waals surface area contributed by atoms with Gasteiger partial charge in [0.25, 0.3) is 0 Å². The van der Waals surface area contributed by atoms with Crippen LogP contribution in [0.5, 0.6) is 5.75 Å². The molecule has 0 saturated carbocycles. The molecule has 17 heavy (non-hydrogen) atoms. The van der Waals surface area contributed by atoms with Crippen molar-refractivity contribution in [1.82, 2.24) is 0 Å². The van der Waals surface area contributed by atoms with E-state index in [0.29, 0.717) is 17.9 Å². The molecule has 0 heterocycles. The van der Waals surface area contributed by atoms with E-state index in [0.717, 1.165) is 5.56 Å². The van der Waals surface area contributed by atoms with E-state index in [9.17, 15) is 4.39 Å². The molecule has 0 radical (unpaired) electrons. The summed E-state index contributed by atoms with van der Waals surface area (Å²) in [5.41, 5.74) is 1.64. The second-order valence-corrected chi connectivity index (χ2v) is 5.05. The molecule has 0 spiro atoms. The molecule has 0 atom stereocenters. The molecule has 0 amide bonds. The molecule has 2 aromatic rings. The van der Waals surface area contributed by atoms with Crippen LogP contribution in [0.15, 0.2) is 42.5 Å². The van der Waals surface area contributed by atoms with Crippen molar-refractivity contribution in [3.05, 3.63) is 63.0 Å². The smallest absolute Gasteiger partial charge is 0.167 e. The Labute approximate surface area is 114 Å². The first-order chi connectivity index (χ1) is 8.16. The van der Waals surface area contributed by atoms with Crippen LogP contribution in [0.4, 0.5) is 4.39 Å². The number of ether oxygens (including phenoxy) is 1. The molecule has 88 valence electrons. The van der Waals surface area contributed by atoms with Gasteiger partial charge in [-0.25, -0.2) is 4.39 Å². The van der Waals surface area contributed by atoms with Crippen molar-refractivity contribution in [2.24, 2.45) is 0 Å². The maximum Gasteiger partial charge on any atom is 0.167 e. The maximum absolute atomic E-state index is 13.6. The fourth-order valence-electron chi connectivity index (χ4n) is 1.47. The molecule has 0 bridgehead atoms. The van der Waals surface area contributed by atoms with Crippen LogP contribution in [0.25, 0.3) is 0 Å². The Hall–Kier alpha value is -1.10.